The van der Waals surface area contributed by atoms with Crippen molar-refractivity contribution < 1.29 is 19.1 Å². The van der Waals surface area contributed by atoms with Crippen LogP contribution in [0.3, 0.4) is 0 Å². The zero-order chi connectivity index (χ0) is 30.3. The summed E-state index contributed by atoms with van der Waals surface area (Å²) in [5, 5.41) is 0.663. The smallest absolute Gasteiger partial charge is 0.328 e. The zero-order valence-corrected chi connectivity index (χ0v) is 27.0. The van der Waals surface area contributed by atoms with Gasteiger partial charge in [-0.25, -0.2) is 4.79 Å². The van der Waals surface area contributed by atoms with E-state index in [1.165, 1.54) is 7.11 Å². The summed E-state index contributed by atoms with van der Waals surface area (Å²) in [4.78, 5) is 47.8. The number of esters is 1. The Morgan fingerprint density at radius 1 is 0.902 bits per heavy atom. The van der Waals surface area contributed by atoms with Crippen LogP contribution in [-0.4, -0.2) is 82.9 Å². The van der Waals surface area contributed by atoms with Gasteiger partial charge >= 0.3 is 5.97 Å². The Labute approximate surface area is 251 Å². The molecule has 0 spiro atoms. The maximum Gasteiger partial charge on any atom is 0.328 e. The Bertz CT molecular complexity index is 1100. The van der Waals surface area contributed by atoms with E-state index in [4.69, 9.17) is 16.3 Å². The number of carbonyl (C=O) groups is 3. The van der Waals surface area contributed by atoms with Crippen molar-refractivity contribution in [3.05, 3.63) is 34.9 Å². The first-order valence-corrected chi connectivity index (χ1v) is 15.7. The van der Waals surface area contributed by atoms with Gasteiger partial charge in [0.05, 0.1) is 19.1 Å². The number of rotatable bonds is 5. The molecule has 4 rings (SSSR count). The summed E-state index contributed by atoms with van der Waals surface area (Å²) in [5.74, 6) is -0.0314. The van der Waals surface area contributed by atoms with Crippen molar-refractivity contribution in [2.45, 2.75) is 110 Å². The molecule has 3 fully saturated rings. The minimum Gasteiger partial charge on any atom is -0.467 e. The number of likely N-dealkylation sites (tertiary alicyclic amines) is 2. The molecular weight excluding hydrogens is 538 g/mol. The second kappa shape index (κ2) is 12.2. The molecule has 1 aromatic carbocycles. The highest BCUT2D eigenvalue weighted by molar-refractivity contribution is 6.30. The van der Waals surface area contributed by atoms with Gasteiger partial charge in [-0.1, -0.05) is 51.4 Å². The highest BCUT2D eigenvalue weighted by atomic mass is 35.5. The fourth-order valence-corrected chi connectivity index (χ4v) is 7.14. The van der Waals surface area contributed by atoms with E-state index in [0.29, 0.717) is 30.5 Å². The van der Waals surface area contributed by atoms with Crippen molar-refractivity contribution in [3.63, 3.8) is 0 Å². The zero-order valence-electron chi connectivity index (χ0n) is 26.3. The molecule has 8 heteroatoms. The molecule has 7 nitrogen and oxygen atoms in total. The van der Waals surface area contributed by atoms with Crippen LogP contribution in [0.1, 0.15) is 92.1 Å². The SMILES string of the molecule is COC(=O)[C@@H]1C[C@H](N(C(=O)C(C)(C)C)C2CCC(C)CC2)CN1C(=O)[C@@H]1CN(C(C)(C)C)C[C@H]1c1ccc(Cl)cc1. The van der Waals surface area contributed by atoms with Crippen molar-refractivity contribution in [2.24, 2.45) is 17.3 Å². The fraction of sp³-hybridized carbons (Fsp3) is 0.727. The van der Waals surface area contributed by atoms with Gasteiger partial charge in [0.25, 0.3) is 0 Å². The van der Waals surface area contributed by atoms with E-state index >= 15 is 0 Å². The molecule has 1 aromatic rings. The Morgan fingerprint density at radius 2 is 1.51 bits per heavy atom. The van der Waals surface area contributed by atoms with Crippen LogP contribution in [0.15, 0.2) is 24.3 Å². The quantitative estimate of drug-likeness (QED) is 0.410. The maximum atomic E-state index is 14.5. The summed E-state index contributed by atoms with van der Waals surface area (Å²) >= 11 is 6.20. The first kappa shape index (κ1) is 31.8. The van der Waals surface area contributed by atoms with Gasteiger partial charge < -0.3 is 14.5 Å². The van der Waals surface area contributed by atoms with Crippen LogP contribution in [0.25, 0.3) is 0 Å². The first-order valence-electron chi connectivity index (χ1n) is 15.3. The summed E-state index contributed by atoms with van der Waals surface area (Å²) in [6, 6.07) is 6.98. The van der Waals surface area contributed by atoms with Gasteiger partial charge in [-0.3, -0.25) is 14.5 Å². The minimum atomic E-state index is -0.704. The van der Waals surface area contributed by atoms with E-state index in [2.05, 4.69) is 37.5 Å². The first-order chi connectivity index (χ1) is 19.1. The van der Waals surface area contributed by atoms with Crippen LogP contribution in [-0.2, 0) is 19.1 Å². The Hall–Kier alpha value is -2.12. The van der Waals surface area contributed by atoms with E-state index in [0.717, 1.165) is 37.8 Å². The molecule has 0 N–H and O–H groups in total. The Balaban J connectivity index is 1.66. The molecule has 2 amide bonds. The average molecular weight is 588 g/mol. The predicted octanol–water partition coefficient (Wildman–Crippen LogP) is 5.75. The number of amides is 2. The lowest BCUT2D eigenvalue weighted by atomic mass is 9.84. The number of methoxy groups -OCH3 is 1. The highest BCUT2D eigenvalue weighted by Gasteiger charge is 2.51. The third-order valence-corrected chi connectivity index (χ3v) is 9.82. The lowest BCUT2D eigenvalue weighted by molar-refractivity contribution is -0.152. The number of halogens is 1. The molecule has 3 aliphatic rings. The second-order valence-corrected chi connectivity index (χ2v) is 15.1. The number of ether oxygens (including phenoxy) is 1. The molecule has 0 bridgehead atoms. The van der Waals surface area contributed by atoms with Gasteiger partial charge in [-0.2, -0.15) is 0 Å². The van der Waals surface area contributed by atoms with Crippen LogP contribution in [0.5, 0.6) is 0 Å². The van der Waals surface area contributed by atoms with Crippen molar-refractivity contribution in [1.29, 1.82) is 0 Å². The highest BCUT2D eigenvalue weighted by Crippen LogP contribution is 2.40. The molecule has 228 valence electrons. The monoisotopic (exact) mass is 587 g/mol. The van der Waals surface area contributed by atoms with Crippen molar-refractivity contribution in [3.8, 4) is 0 Å². The van der Waals surface area contributed by atoms with Crippen LogP contribution >= 0.6 is 11.6 Å². The Kier molecular flexibility index (Phi) is 9.50. The second-order valence-electron chi connectivity index (χ2n) is 14.6. The number of hydrogen-bond donors (Lipinski definition) is 0. The summed E-state index contributed by atoms with van der Waals surface area (Å²) in [7, 11) is 1.38. The molecule has 41 heavy (non-hydrogen) atoms. The third kappa shape index (κ3) is 6.93. The lowest BCUT2D eigenvalue weighted by Gasteiger charge is -2.42. The number of nitrogens with zero attached hydrogens (tertiary/aromatic N) is 3. The molecule has 2 heterocycles. The number of carbonyl (C=O) groups excluding carboxylic acids is 3. The molecule has 1 saturated carbocycles. The number of benzene rings is 1. The van der Waals surface area contributed by atoms with Crippen molar-refractivity contribution in [2.75, 3.05) is 26.7 Å². The van der Waals surface area contributed by atoms with Crippen LogP contribution in [0.4, 0.5) is 0 Å². The molecule has 0 aromatic heterocycles. The van der Waals surface area contributed by atoms with E-state index < -0.39 is 17.4 Å². The normalized spacial score (nSPS) is 29.4. The molecular formula is C33H50ClN3O4. The van der Waals surface area contributed by atoms with Crippen molar-refractivity contribution >= 4 is 29.4 Å². The van der Waals surface area contributed by atoms with Crippen LogP contribution in [0.2, 0.25) is 5.02 Å². The van der Waals surface area contributed by atoms with Gasteiger partial charge in [-0.15, -0.1) is 0 Å². The van der Waals surface area contributed by atoms with Crippen LogP contribution < -0.4 is 0 Å². The van der Waals surface area contributed by atoms with E-state index in [9.17, 15) is 14.4 Å². The largest absolute Gasteiger partial charge is 0.467 e. The molecule has 1 aliphatic carbocycles. The van der Waals surface area contributed by atoms with Gasteiger partial charge in [0.15, 0.2) is 0 Å². The van der Waals surface area contributed by atoms with E-state index in [1.54, 1.807) is 4.90 Å². The molecule has 2 aliphatic heterocycles. The standard InChI is InChI=1S/C33H50ClN3O4/c1-21-9-15-24(16-10-21)37(31(40)32(2,3)4)25-17-28(30(39)41-8)36(18-25)29(38)27-20-35(33(5,6)7)19-26(27)22-11-13-23(34)14-12-22/h11-14,21,24-28H,9-10,15-20H2,1-8H3/t21?,24?,25-,26-,27+,28-/m0/s1. The lowest BCUT2D eigenvalue weighted by Crippen LogP contribution is -2.53. The van der Waals surface area contributed by atoms with Gasteiger partial charge in [0.2, 0.25) is 11.8 Å². The topological polar surface area (TPSA) is 70.2 Å². The number of hydrogen-bond acceptors (Lipinski definition) is 5. The molecule has 0 unspecified atom stereocenters. The van der Waals surface area contributed by atoms with Crippen LogP contribution in [0, 0.1) is 17.3 Å². The van der Waals surface area contributed by atoms with Gasteiger partial charge in [0, 0.05) is 54.0 Å². The molecule has 2 saturated heterocycles. The summed E-state index contributed by atoms with van der Waals surface area (Å²) in [6.07, 6.45) is 4.49. The van der Waals surface area contributed by atoms with Crippen molar-refractivity contribution in [1.82, 2.24) is 14.7 Å². The molecule has 4 atom stereocenters. The van der Waals surface area contributed by atoms with E-state index in [1.807, 2.05) is 45.0 Å². The van der Waals surface area contributed by atoms with Gasteiger partial charge in [0.1, 0.15) is 6.04 Å². The minimum absolute atomic E-state index is 0.0246. The fourth-order valence-electron chi connectivity index (χ4n) is 7.02. The maximum absolute atomic E-state index is 14.5. The summed E-state index contributed by atoms with van der Waals surface area (Å²) in [6.45, 7) is 16.4. The average Bonchev–Trinajstić information content (AvgIpc) is 3.55. The van der Waals surface area contributed by atoms with Gasteiger partial charge in [-0.05, 0) is 70.1 Å². The Morgan fingerprint density at radius 3 is 2.05 bits per heavy atom. The molecule has 0 radical (unpaired) electrons. The summed E-state index contributed by atoms with van der Waals surface area (Å²) in [5.41, 5.74) is 0.411. The summed E-state index contributed by atoms with van der Waals surface area (Å²) < 4.78 is 5.23. The predicted molar refractivity (Wildman–Crippen MR) is 163 cm³/mol. The third-order valence-electron chi connectivity index (χ3n) is 9.57. The van der Waals surface area contributed by atoms with E-state index in [-0.39, 0.29) is 41.3 Å².